The highest BCUT2D eigenvalue weighted by molar-refractivity contribution is 5.94. The van der Waals surface area contributed by atoms with Crippen molar-refractivity contribution < 1.29 is 9.90 Å². The zero-order chi connectivity index (χ0) is 13.3. The standard InChI is InChI=1S/C13H18N2O3/c1-9-4-5-10(11(16)14-9)12(17)15-7-3-6-13(2,18)8-15/h4-5,18H,3,6-8H2,1-2H3,(H,14,16). The summed E-state index contributed by atoms with van der Waals surface area (Å²) in [6.07, 6.45) is 1.43. The highest BCUT2D eigenvalue weighted by Gasteiger charge is 2.31. The molecule has 1 aromatic rings. The molecule has 1 unspecified atom stereocenters. The highest BCUT2D eigenvalue weighted by atomic mass is 16.3. The quantitative estimate of drug-likeness (QED) is 0.769. The molecule has 1 atom stereocenters. The number of nitrogens with one attached hydrogen (secondary N) is 1. The van der Waals surface area contributed by atoms with Crippen LogP contribution in [0.15, 0.2) is 16.9 Å². The van der Waals surface area contributed by atoms with Crippen LogP contribution >= 0.6 is 0 Å². The summed E-state index contributed by atoms with van der Waals surface area (Å²) in [6.45, 7) is 4.34. The summed E-state index contributed by atoms with van der Waals surface area (Å²) in [5, 5.41) is 9.97. The first-order valence-corrected chi connectivity index (χ1v) is 6.11. The summed E-state index contributed by atoms with van der Waals surface area (Å²) in [7, 11) is 0. The van der Waals surface area contributed by atoms with Crippen molar-refractivity contribution >= 4 is 5.91 Å². The molecule has 2 rings (SSSR count). The van der Waals surface area contributed by atoms with E-state index in [1.165, 1.54) is 0 Å². The number of aryl methyl sites for hydroxylation is 1. The molecule has 1 amide bonds. The van der Waals surface area contributed by atoms with Crippen LogP contribution in [0.5, 0.6) is 0 Å². The Morgan fingerprint density at radius 2 is 2.22 bits per heavy atom. The number of carbonyl (C=O) groups excluding carboxylic acids is 1. The molecule has 5 heteroatoms. The molecule has 5 nitrogen and oxygen atoms in total. The Morgan fingerprint density at radius 1 is 1.50 bits per heavy atom. The fourth-order valence-electron chi connectivity index (χ4n) is 2.30. The van der Waals surface area contributed by atoms with Gasteiger partial charge in [-0.1, -0.05) is 0 Å². The van der Waals surface area contributed by atoms with Crippen LogP contribution in [-0.4, -0.2) is 39.6 Å². The van der Waals surface area contributed by atoms with Crippen molar-refractivity contribution in [3.05, 3.63) is 33.7 Å². The van der Waals surface area contributed by atoms with E-state index in [-0.39, 0.29) is 23.6 Å². The molecule has 0 saturated carbocycles. The third-order valence-corrected chi connectivity index (χ3v) is 3.25. The van der Waals surface area contributed by atoms with E-state index in [9.17, 15) is 14.7 Å². The van der Waals surface area contributed by atoms with Gasteiger partial charge in [0.25, 0.3) is 11.5 Å². The number of piperidine rings is 1. The molecular formula is C13H18N2O3. The van der Waals surface area contributed by atoms with E-state index in [1.807, 2.05) is 0 Å². The molecular weight excluding hydrogens is 232 g/mol. The van der Waals surface area contributed by atoms with E-state index < -0.39 is 5.60 Å². The second kappa shape index (κ2) is 4.57. The van der Waals surface area contributed by atoms with Gasteiger partial charge in [0.05, 0.1) is 5.60 Å². The molecule has 0 aliphatic carbocycles. The number of aliphatic hydroxyl groups is 1. The number of pyridine rings is 1. The first-order chi connectivity index (χ1) is 8.39. The van der Waals surface area contributed by atoms with Crippen molar-refractivity contribution in [2.45, 2.75) is 32.3 Å². The lowest BCUT2D eigenvalue weighted by molar-refractivity contribution is -0.0108. The Balaban J connectivity index is 2.23. The largest absolute Gasteiger partial charge is 0.388 e. The minimum absolute atomic E-state index is 0.137. The SMILES string of the molecule is Cc1ccc(C(=O)N2CCCC(C)(O)C2)c(=O)[nH]1. The number of β-amino-alcohol motifs (C(OH)–C–C–N with tert-alkyl or cyclic N) is 1. The minimum Gasteiger partial charge on any atom is -0.388 e. The number of likely N-dealkylation sites (tertiary alicyclic amines) is 1. The average Bonchev–Trinajstić information content (AvgIpc) is 2.27. The number of aromatic amines is 1. The molecule has 0 radical (unpaired) electrons. The molecule has 1 aliphatic heterocycles. The van der Waals surface area contributed by atoms with Crippen molar-refractivity contribution in [2.24, 2.45) is 0 Å². The predicted molar refractivity (Wildman–Crippen MR) is 67.6 cm³/mol. The van der Waals surface area contributed by atoms with Crippen molar-refractivity contribution in [3.63, 3.8) is 0 Å². The molecule has 1 aromatic heterocycles. The summed E-state index contributed by atoms with van der Waals surface area (Å²) in [4.78, 5) is 28.1. The highest BCUT2D eigenvalue weighted by Crippen LogP contribution is 2.21. The Kier molecular flexibility index (Phi) is 3.26. The number of carbonyl (C=O) groups is 1. The van der Waals surface area contributed by atoms with E-state index in [4.69, 9.17) is 0 Å². The van der Waals surface area contributed by atoms with Gasteiger partial charge in [0.15, 0.2) is 0 Å². The zero-order valence-electron chi connectivity index (χ0n) is 10.7. The summed E-state index contributed by atoms with van der Waals surface area (Å²) >= 11 is 0. The lowest BCUT2D eigenvalue weighted by Crippen LogP contribution is -2.49. The predicted octanol–water partition coefficient (Wildman–Crippen LogP) is 0.670. The van der Waals surface area contributed by atoms with Crippen LogP contribution in [0.2, 0.25) is 0 Å². The van der Waals surface area contributed by atoms with E-state index in [0.29, 0.717) is 13.0 Å². The Hall–Kier alpha value is -1.62. The average molecular weight is 250 g/mol. The summed E-state index contributed by atoms with van der Waals surface area (Å²) in [5.74, 6) is -0.309. The molecule has 2 N–H and O–H groups in total. The maximum atomic E-state index is 12.2. The lowest BCUT2D eigenvalue weighted by atomic mass is 9.95. The Morgan fingerprint density at radius 3 is 2.83 bits per heavy atom. The van der Waals surface area contributed by atoms with E-state index in [0.717, 1.165) is 12.1 Å². The lowest BCUT2D eigenvalue weighted by Gasteiger charge is -2.36. The monoisotopic (exact) mass is 250 g/mol. The normalized spacial score (nSPS) is 24.1. The molecule has 98 valence electrons. The number of amides is 1. The second-order valence-corrected chi connectivity index (χ2v) is 5.21. The maximum absolute atomic E-state index is 12.2. The number of nitrogens with zero attached hydrogens (tertiary/aromatic N) is 1. The number of hydrogen-bond donors (Lipinski definition) is 2. The van der Waals surface area contributed by atoms with Crippen LogP contribution in [0.25, 0.3) is 0 Å². The third-order valence-electron chi connectivity index (χ3n) is 3.25. The molecule has 0 aromatic carbocycles. The van der Waals surface area contributed by atoms with Crippen molar-refractivity contribution in [1.29, 1.82) is 0 Å². The van der Waals surface area contributed by atoms with Crippen molar-refractivity contribution in [2.75, 3.05) is 13.1 Å². The van der Waals surface area contributed by atoms with Crippen LogP contribution in [0.1, 0.15) is 35.8 Å². The van der Waals surface area contributed by atoms with Gasteiger partial charge in [-0.3, -0.25) is 9.59 Å². The van der Waals surface area contributed by atoms with Crippen LogP contribution in [0.4, 0.5) is 0 Å². The molecule has 1 fully saturated rings. The van der Waals surface area contributed by atoms with Crippen LogP contribution < -0.4 is 5.56 Å². The van der Waals surface area contributed by atoms with E-state index in [2.05, 4.69) is 4.98 Å². The topological polar surface area (TPSA) is 73.4 Å². The van der Waals surface area contributed by atoms with E-state index >= 15 is 0 Å². The smallest absolute Gasteiger partial charge is 0.260 e. The molecule has 1 aliphatic rings. The summed E-state index contributed by atoms with van der Waals surface area (Å²) in [5.41, 5.74) is -0.364. The van der Waals surface area contributed by atoms with Crippen molar-refractivity contribution in [3.8, 4) is 0 Å². The maximum Gasteiger partial charge on any atom is 0.260 e. The minimum atomic E-state index is -0.856. The molecule has 0 spiro atoms. The van der Waals surface area contributed by atoms with Crippen LogP contribution in [-0.2, 0) is 0 Å². The van der Waals surface area contributed by atoms with Gasteiger partial charge in [0, 0.05) is 18.8 Å². The van der Waals surface area contributed by atoms with Crippen LogP contribution in [0, 0.1) is 6.92 Å². The first-order valence-electron chi connectivity index (χ1n) is 6.11. The van der Waals surface area contributed by atoms with Gasteiger partial charge in [0.2, 0.25) is 0 Å². The number of H-pyrrole nitrogens is 1. The van der Waals surface area contributed by atoms with Gasteiger partial charge in [-0.05, 0) is 38.8 Å². The third kappa shape index (κ3) is 2.61. The Labute approximate surface area is 105 Å². The first kappa shape index (κ1) is 12.8. The van der Waals surface area contributed by atoms with Crippen LogP contribution in [0.3, 0.4) is 0 Å². The van der Waals surface area contributed by atoms with Gasteiger partial charge in [-0.2, -0.15) is 0 Å². The Bertz CT molecular complexity index is 519. The van der Waals surface area contributed by atoms with Crippen molar-refractivity contribution in [1.82, 2.24) is 9.88 Å². The van der Waals surface area contributed by atoms with Gasteiger partial charge < -0.3 is 15.0 Å². The molecule has 18 heavy (non-hydrogen) atoms. The molecule has 2 heterocycles. The summed E-state index contributed by atoms with van der Waals surface area (Å²) in [6, 6.07) is 3.25. The fraction of sp³-hybridized carbons (Fsp3) is 0.538. The van der Waals surface area contributed by atoms with Gasteiger partial charge >= 0.3 is 0 Å². The fourth-order valence-corrected chi connectivity index (χ4v) is 2.30. The van der Waals surface area contributed by atoms with Gasteiger partial charge in [-0.15, -0.1) is 0 Å². The second-order valence-electron chi connectivity index (χ2n) is 5.21. The molecule has 0 bridgehead atoms. The van der Waals surface area contributed by atoms with E-state index in [1.54, 1.807) is 30.9 Å². The summed E-state index contributed by atoms with van der Waals surface area (Å²) < 4.78 is 0. The van der Waals surface area contributed by atoms with Gasteiger partial charge in [0.1, 0.15) is 5.56 Å². The number of hydrogen-bond acceptors (Lipinski definition) is 3. The van der Waals surface area contributed by atoms with Gasteiger partial charge in [-0.25, -0.2) is 0 Å². The zero-order valence-corrected chi connectivity index (χ0v) is 10.7. The number of rotatable bonds is 1. The molecule has 1 saturated heterocycles. The number of aromatic nitrogens is 1.